The van der Waals surface area contributed by atoms with Gasteiger partial charge in [0.1, 0.15) is 5.82 Å². The van der Waals surface area contributed by atoms with Crippen molar-refractivity contribution >= 4 is 5.82 Å². The highest BCUT2D eigenvalue weighted by molar-refractivity contribution is 5.56. The van der Waals surface area contributed by atoms with Crippen LogP contribution in [-0.4, -0.2) is 36.6 Å². The van der Waals surface area contributed by atoms with Gasteiger partial charge in [-0.1, -0.05) is 30.3 Å². The maximum Gasteiger partial charge on any atom is 0.132 e. The standard InChI is InChI=1S/C17H19N3/c1-19-9-10-20-16(12-19)15-7-3-2-5-13(15)11-14-6-4-8-18-17(14)20/h2-8,16H,9-12H2,1H3/t16-/m1/s1. The van der Waals surface area contributed by atoms with Gasteiger partial charge in [-0.05, 0) is 29.8 Å². The summed E-state index contributed by atoms with van der Waals surface area (Å²) in [5, 5.41) is 0. The van der Waals surface area contributed by atoms with Crippen LogP contribution < -0.4 is 4.90 Å². The van der Waals surface area contributed by atoms with Crippen LogP contribution in [0.25, 0.3) is 0 Å². The van der Waals surface area contributed by atoms with Crippen LogP contribution >= 0.6 is 0 Å². The van der Waals surface area contributed by atoms with Crippen LogP contribution in [0.1, 0.15) is 22.7 Å². The van der Waals surface area contributed by atoms with Gasteiger partial charge in [0.2, 0.25) is 0 Å². The molecule has 0 bridgehead atoms. The van der Waals surface area contributed by atoms with E-state index in [0.717, 1.165) is 26.1 Å². The highest BCUT2D eigenvalue weighted by atomic mass is 15.3. The molecule has 2 aliphatic rings. The molecule has 0 amide bonds. The Balaban J connectivity index is 1.90. The Labute approximate surface area is 119 Å². The van der Waals surface area contributed by atoms with Crippen LogP contribution in [0.4, 0.5) is 5.82 Å². The molecule has 102 valence electrons. The Morgan fingerprint density at radius 3 is 2.85 bits per heavy atom. The Morgan fingerprint density at radius 1 is 1.05 bits per heavy atom. The molecule has 4 rings (SSSR count). The van der Waals surface area contributed by atoms with Crippen LogP contribution in [0.3, 0.4) is 0 Å². The summed E-state index contributed by atoms with van der Waals surface area (Å²) in [5.41, 5.74) is 4.27. The molecule has 3 heterocycles. The van der Waals surface area contributed by atoms with E-state index in [1.165, 1.54) is 22.5 Å². The van der Waals surface area contributed by atoms with Gasteiger partial charge >= 0.3 is 0 Å². The van der Waals surface area contributed by atoms with Gasteiger partial charge in [-0.2, -0.15) is 0 Å². The van der Waals surface area contributed by atoms with Gasteiger partial charge < -0.3 is 9.80 Å². The second-order valence-electron chi connectivity index (χ2n) is 5.83. The van der Waals surface area contributed by atoms with E-state index in [2.05, 4.69) is 58.2 Å². The smallest absolute Gasteiger partial charge is 0.132 e. The van der Waals surface area contributed by atoms with Gasteiger partial charge in [-0.3, -0.25) is 0 Å². The lowest BCUT2D eigenvalue weighted by Crippen LogP contribution is -2.47. The maximum absolute atomic E-state index is 4.68. The number of piperazine rings is 1. The predicted molar refractivity (Wildman–Crippen MR) is 81.1 cm³/mol. The molecule has 3 heteroatoms. The van der Waals surface area contributed by atoms with E-state index in [-0.39, 0.29) is 0 Å². The number of pyridine rings is 1. The Bertz CT molecular complexity index is 638. The normalized spacial score (nSPS) is 21.6. The number of likely N-dealkylation sites (N-methyl/N-ethyl adjacent to an activating group) is 1. The number of anilines is 1. The number of fused-ring (bicyclic) bond motifs is 5. The molecule has 0 N–H and O–H groups in total. The summed E-state index contributed by atoms with van der Waals surface area (Å²) in [7, 11) is 2.21. The van der Waals surface area contributed by atoms with Crippen molar-refractivity contribution in [3.05, 3.63) is 59.3 Å². The molecule has 2 aliphatic heterocycles. The largest absolute Gasteiger partial charge is 0.347 e. The van der Waals surface area contributed by atoms with Gasteiger partial charge in [0, 0.05) is 32.3 Å². The lowest BCUT2D eigenvalue weighted by Gasteiger charge is -2.41. The van der Waals surface area contributed by atoms with Crippen LogP contribution in [0.5, 0.6) is 0 Å². The lowest BCUT2D eigenvalue weighted by atomic mass is 9.96. The third-order valence-electron chi connectivity index (χ3n) is 4.52. The fourth-order valence-corrected chi connectivity index (χ4v) is 3.49. The minimum atomic E-state index is 0.432. The molecule has 1 fully saturated rings. The number of hydrogen-bond acceptors (Lipinski definition) is 3. The quantitative estimate of drug-likeness (QED) is 0.729. The van der Waals surface area contributed by atoms with Crippen molar-refractivity contribution in [2.75, 3.05) is 31.6 Å². The molecule has 3 nitrogen and oxygen atoms in total. The summed E-state index contributed by atoms with van der Waals surface area (Å²) < 4.78 is 0. The van der Waals surface area contributed by atoms with E-state index in [0.29, 0.717) is 6.04 Å². The first kappa shape index (κ1) is 11.9. The van der Waals surface area contributed by atoms with E-state index < -0.39 is 0 Å². The Hall–Kier alpha value is -1.87. The van der Waals surface area contributed by atoms with Gasteiger partial charge in [0.05, 0.1) is 6.04 Å². The Kier molecular flexibility index (Phi) is 2.74. The van der Waals surface area contributed by atoms with E-state index in [1.807, 2.05) is 6.20 Å². The Morgan fingerprint density at radius 2 is 1.90 bits per heavy atom. The summed E-state index contributed by atoms with van der Waals surface area (Å²) in [6, 6.07) is 13.6. The minimum absolute atomic E-state index is 0.432. The zero-order valence-electron chi connectivity index (χ0n) is 11.8. The molecule has 20 heavy (non-hydrogen) atoms. The molecule has 0 aliphatic carbocycles. The second kappa shape index (κ2) is 4.60. The van der Waals surface area contributed by atoms with Gasteiger partial charge in [0.15, 0.2) is 0 Å². The average molecular weight is 265 g/mol. The van der Waals surface area contributed by atoms with Gasteiger partial charge in [0.25, 0.3) is 0 Å². The van der Waals surface area contributed by atoms with Crippen LogP contribution in [0.2, 0.25) is 0 Å². The lowest BCUT2D eigenvalue weighted by molar-refractivity contribution is 0.268. The molecule has 1 aromatic heterocycles. The van der Waals surface area contributed by atoms with Crippen LogP contribution in [-0.2, 0) is 6.42 Å². The molecule has 0 radical (unpaired) electrons. The van der Waals surface area contributed by atoms with E-state index >= 15 is 0 Å². The fraction of sp³-hybridized carbons (Fsp3) is 0.353. The minimum Gasteiger partial charge on any atom is -0.347 e. The second-order valence-corrected chi connectivity index (χ2v) is 5.83. The summed E-state index contributed by atoms with van der Waals surface area (Å²) in [5.74, 6) is 1.18. The zero-order chi connectivity index (χ0) is 13.5. The van der Waals surface area contributed by atoms with E-state index in [9.17, 15) is 0 Å². The highest BCUT2D eigenvalue weighted by Crippen LogP contribution is 2.37. The third kappa shape index (κ3) is 1.81. The molecule has 1 atom stereocenters. The fourth-order valence-electron chi connectivity index (χ4n) is 3.49. The molecule has 0 spiro atoms. The topological polar surface area (TPSA) is 19.4 Å². The van der Waals surface area contributed by atoms with Crippen molar-refractivity contribution in [3.63, 3.8) is 0 Å². The van der Waals surface area contributed by atoms with Crippen molar-refractivity contribution in [3.8, 4) is 0 Å². The molecule has 1 saturated heterocycles. The molecular weight excluding hydrogens is 246 g/mol. The molecule has 2 aromatic rings. The first-order chi connectivity index (χ1) is 9.83. The number of aromatic nitrogens is 1. The molecule has 0 saturated carbocycles. The molecule has 0 unspecified atom stereocenters. The third-order valence-corrected chi connectivity index (χ3v) is 4.52. The summed E-state index contributed by atoms with van der Waals surface area (Å²) in [4.78, 5) is 9.60. The summed E-state index contributed by atoms with van der Waals surface area (Å²) in [6.45, 7) is 3.24. The summed E-state index contributed by atoms with van der Waals surface area (Å²) >= 11 is 0. The number of hydrogen-bond donors (Lipinski definition) is 0. The van der Waals surface area contributed by atoms with Crippen LogP contribution in [0, 0.1) is 0 Å². The van der Waals surface area contributed by atoms with Crippen molar-refractivity contribution in [1.82, 2.24) is 9.88 Å². The average Bonchev–Trinajstić information content (AvgIpc) is 2.61. The van der Waals surface area contributed by atoms with E-state index in [1.54, 1.807) is 0 Å². The van der Waals surface area contributed by atoms with Gasteiger partial charge in [-0.25, -0.2) is 4.98 Å². The number of rotatable bonds is 0. The summed E-state index contributed by atoms with van der Waals surface area (Å²) in [6.07, 6.45) is 2.92. The van der Waals surface area contributed by atoms with Crippen molar-refractivity contribution in [2.45, 2.75) is 12.5 Å². The van der Waals surface area contributed by atoms with Crippen molar-refractivity contribution in [1.29, 1.82) is 0 Å². The molecule has 1 aromatic carbocycles. The predicted octanol–water partition coefficient (Wildman–Crippen LogP) is 2.48. The molecular formula is C17H19N3. The van der Waals surface area contributed by atoms with Crippen LogP contribution in [0.15, 0.2) is 42.6 Å². The number of benzene rings is 1. The first-order valence-corrected chi connectivity index (χ1v) is 7.30. The zero-order valence-corrected chi connectivity index (χ0v) is 11.8. The monoisotopic (exact) mass is 265 g/mol. The van der Waals surface area contributed by atoms with Gasteiger partial charge in [-0.15, -0.1) is 0 Å². The van der Waals surface area contributed by atoms with E-state index in [4.69, 9.17) is 0 Å². The van der Waals surface area contributed by atoms with Crippen molar-refractivity contribution in [2.24, 2.45) is 0 Å². The first-order valence-electron chi connectivity index (χ1n) is 7.30. The number of nitrogens with zero attached hydrogens (tertiary/aromatic N) is 3. The van der Waals surface area contributed by atoms with Crippen molar-refractivity contribution < 1.29 is 0 Å². The maximum atomic E-state index is 4.68. The SMILES string of the molecule is CN1CCN2c3ncccc3Cc3ccccc3[C@H]2C1. The highest BCUT2D eigenvalue weighted by Gasteiger charge is 2.32.